The number of aryl methyl sites for hydroxylation is 1. The van der Waals surface area contributed by atoms with Gasteiger partial charge in [0, 0.05) is 31.6 Å². The lowest BCUT2D eigenvalue weighted by atomic mass is 9.84. The molecule has 2 heterocycles. The van der Waals surface area contributed by atoms with Gasteiger partial charge in [-0.25, -0.2) is 4.79 Å². The molecule has 0 aromatic carbocycles. The van der Waals surface area contributed by atoms with E-state index in [-0.39, 0.29) is 23.8 Å². The van der Waals surface area contributed by atoms with Gasteiger partial charge in [-0.2, -0.15) is 0 Å². The second kappa shape index (κ2) is 10.2. The molecule has 8 nitrogen and oxygen atoms in total. The largest absolute Gasteiger partial charge is 0.381 e. The molecular formula is C22H36N2O6. The Bertz CT molecular complexity index is 806. The van der Waals surface area contributed by atoms with E-state index in [2.05, 4.69) is 18.8 Å². The number of H-pyrrole nitrogens is 1. The third-order valence-electron chi connectivity index (χ3n) is 6.21. The first-order valence-corrected chi connectivity index (χ1v) is 11.3. The number of nitrogens with zero attached hydrogens (tertiary/aromatic N) is 1. The highest BCUT2D eigenvalue weighted by Crippen LogP contribution is 2.57. The molecule has 0 amide bonds. The number of hydrogen-bond donors (Lipinski definition) is 1. The maximum Gasteiger partial charge on any atom is 0.328 e. The molecule has 1 aromatic rings. The Balaban J connectivity index is 1.93. The van der Waals surface area contributed by atoms with Gasteiger partial charge < -0.3 is 18.9 Å². The van der Waals surface area contributed by atoms with Crippen molar-refractivity contribution in [3.63, 3.8) is 0 Å². The number of rotatable bonds is 12. The SMILES string of the molecule is CCCCOC[C@]12C[C@@H](n3cc(C)c(=O)[nH]c3=O)C(OC1OCC)[C@H]2OCCCC. The fourth-order valence-corrected chi connectivity index (χ4v) is 4.60. The van der Waals surface area contributed by atoms with E-state index in [9.17, 15) is 9.59 Å². The van der Waals surface area contributed by atoms with Crippen LogP contribution in [0.3, 0.4) is 0 Å². The van der Waals surface area contributed by atoms with E-state index in [1.807, 2.05) is 6.92 Å². The number of hydrogen-bond acceptors (Lipinski definition) is 6. The van der Waals surface area contributed by atoms with Gasteiger partial charge in [-0.15, -0.1) is 0 Å². The summed E-state index contributed by atoms with van der Waals surface area (Å²) in [6, 6.07) is -0.244. The van der Waals surface area contributed by atoms with Crippen LogP contribution in [0, 0.1) is 12.3 Å². The van der Waals surface area contributed by atoms with Crippen molar-refractivity contribution in [2.24, 2.45) is 5.41 Å². The summed E-state index contributed by atoms with van der Waals surface area (Å²) in [5.41, 5.74) is -0.776. The van der Waals surface area contributed by atoms with Crippen molar-refractivity contribution in [2.45, 2.75) is 84.3 Å². The molecule has 170 valence electrons. The van der Waals surface area contributed by atoms with Gasteiger partial charge in [0.2, 0.25) is 0 Å². The van der Waals surface area contributed by atoms with Gasteiger partial charge in [0.15, 0.2) is 6.29 Å². The quantitative estimate of drug-likeness (QED) is 0.519. The molecule has 1 N–H and O–H groups in total. The van der Waals surface area contributed by atoms with Crippen molar-refractivity contribution in [3.8, 4) is 0 Å². The van der Waals surface area contributed by atoms with Crippen molar-refractivity contribution in [1.82, 2.24) is 9.55 Å². The van der Waals surface area contributed by atoms with Crippen molar-refractivity contribution in [2.75, 3.05) is 26.4 Å². The smallest absolute Gasteiger partial charge is 0.328 e. The van der Waals surface area contributed by atoms with Crippen LogP contribution < -0.4 is 11.2 Å². The Hall–Kier alpha value is -1.48. The molecule has 1 aliphatic carbocycles. The molecule has 2 bridgehead atoms. The third-order valence-corrected chi connectivity index (χ3v) is 6.21. The predicted molar refractivity (Wildman–Crippen MR) is 113 cm³/mol. The highest BCUT2D eigenvalue weighted by Gasteiger charge is 2.67. The van der Waals surface area contributed by atoms with E-state index in [0.29, 0.717) is 38.4 Å². The number of fused-ring (bicyclic) bond motifs is 2. The Morgan fingerprint density at radius 1 is 1.17 bits per heavy atom. The first-order valence-electron chi connectivity index (χ1n) is 11.3. The minimum Gasteiger partial charge on any atom is -0.381 e. The summed E-state index contributed by atoms with van der Waals surface area (Å²) in [7, 11) is 0. The van der Waals surface area contributed by atoms with E-state index in [1.54, 1.807) is 17.7 Å². The summed E-state index contributed by atoms with van der Waals surface area (Å²) >= 11 is 0. The van der Waals surface area contributed by atoms with Crippen molar-refractivity contribution in [3.05, 3.63) is 32.6 Å². The van der Waals surface area contributed by atoms with Gasteiger partial charge in [0.05, 0.1) is 24.2 Å². The fourth-order valence-electron chi connectivity index (χ4n) is 4.60. The van der Waals surface area contributed by atoms with Gasteiger partial charge in [-0.1, -0.05) is 26.7 Å². The molecule has 1 aliphatic heterocycles. The molecule has 8 heteroatoms. The molecule has 2 aliphatic rings. The van der Waals surface area contributed by atoms with E-state index in [0.717, 1.165) is 25.7 Å². The lowest BCUT2D eigenvalue weighted by Gasteiger charge is -2.37. The van der Waals surface area contributed by atoms with Crippen LogP contribution in [0.25, 0.3) is 0 Å². The number of aromatic amines is 1. The van der Waals surface area contributed by atoms with Crippen LogP contribution in [0.2, 0.25) is 0 Å². The molecule has 5 atom stereocenters. The van der Waals surface area contributed by atoms with Crippen LogP contribution in [0.15, 0.2) is 15.8 Å². The number of nitrogens with one attached hydrogen (secondary N) is 1. The van der Waals surface area contributed by atoms with E-state index in [1.165, 1.54) is 0 Å². The van der Waals surface area contributed by atoms with Gasteiger partial charge in [0.25, 0.3) is 5.56 Å². The van der Waals surface area contributed by atoms with E-state index >= 15 is 0 Å². The molecule has 0 radical (unpaired) electrons. The van der Waals surface area contributed by atoms with Crippen LogP contribution in [-0.2, 0) is 18.9 Å². The standard InChI is InChI=1S/C22H36N2O6/c1-5-8-10-27-14-22-12-16(24-13-15(4)19(25)23-21(24)26)17(30-20(22)28-7-3)18(22)29-11-9-6-2/h13,16-18,20H,5-12,14H2,1-4H3,(H,23,25,26)/t16-,17?,18-,20?,22+/m1/s1. The Kier molecular flexibility index (Phi) is 7.90. The molecule has 3 rings (SSSR count). The summed E-state index contributed by atoms with van der Waals surface area (Å²) in [5, 5.41) is 0. The minimum absolute atomic E-state index is 0.230. The third kappa shape index (κ3) is 4.42. The van der Waals surface area contributed by atoms with Gasteiger partial charge in [-0.05, 0) is 33.1 Å². The maximum atomic E-state index is 12.6. The van der Waals surface area contributed by atoms with E-state index < -0.39 is 17.4 Å². The van der Waals surface area contributed by atoms with Crippen LogP contribution in [-0.4, -0.2) is 54.5 Å². The first kappa shape index (κ1) is 23.2. The average Bonchev–Trinajstić information content (AvgIpc) is 3.17. The molecule has 2 unspecified atom stereocenters. The fraction of sp³-hybridized carbons (Fsp3) is 0.818. The van der Waals surface area contributed by atoms with Gasteiger partial charge in [-0.3, -0.25) is 14.3 Å². The summed E-state index contributed by atoms with van der Waals surface area (Å²) < 4.78 is 26.3. The molecule has 1 aromatic heterocycles. The van der Waals surface area contributed by atoms with Crippen LogP contribution >= 0.6 is 0 Å². The maximum absolute atomic E-state index is 12.6. The highest BCUT2D eigenvalue weighted by atomic mass is 16.7. The van der Waals surface area contributed by atoms with E-state index in [4.69, 9.17) is 18.9 Å². The number of unbranched alkanes of at least 4 members (excludes halogenated alkanes) is 2. The number of aromatic nitrogens is 2. The lowest BCUT2D eigenvalue weighted by Crippen LogP contribution is -2.45. The summed E-state index contributed by atoms with van der Waals surface area (Å²) in [4.78, 5) is 26.8. The molecule has 2 fully saturated rings. The molecular weight excluding hydrogens is 388 g/mol. The highest BCUT2D eigenvalue weighted by molar-refractivity contribution is 5.14. The molecule has 30 heavy (non-hydrogen) atoms. The normalized spacial score (nSPS) is 30.3. The molecule has 1 saturated heterocycles. The van der Waals surface area contributed by atoms with Crippen molar-refractivity contribution >= 4 is 0 Å². The Morgan fingerprint density at radius 2 is 1.90 bits per heavy atom. The zero-order chi connectivity index (χ0) is 21.7. The Labute approximate surface area is 177 Å². The monoisotopic (exact) mass is 424 g/mol. The van der Waals surface area contributed by atoms with Gasteiger partial charge in [0.1, 0.15) is 6.10 Å². The van der Waals surface area contributed by atoms with Crippen LogP contribution in [0.4, 0.5) is 0 Å². The first-order chi connectivity index (χ1) is 14.5. The van der Waals surface area contributed by atoms with Crippen LogP contribution in [0.1, 0.15) is 64.5 Å². The molecule has 0 spiro atoms. The van der Waals surface area contributed by atoms with Crippen LogP contribution in [0.5, 0.6) is 0 Å². The predicted octanol–water partition coefficient (Wildman–Crippen LogP) is 2.54. The Morgan fingerprint density at radius 3 is 2.60 bits per heavy atom. The topological polar surface area (TPSA) is 91.8 Å². The van der Waals surface area contributed by atoms with Crippen molar-refractivity contribution in [1.29, 1.82) is 0 Å². The zero-order valence-electron chi connectivity index (χ0n) is 18.6. The zero-order valence-corrected chi connectivity index (χ0v) is 18.6. The summed E-state index contributed by atoms with van der Waals surface area (Å²) in [6.45, 7) is 10.2. The summed E-state index contributed by atoms with van der Waals surface area (Å²) in [6.07, 6.45) is 5.30. The minimum atomic E-state index is -0.490. The average molecular weight is 425 g/mol. The second-order valence-corrected chi connectivity index (χ2v) is 8.42. The lowest BCUT2D eigenvalue weighted by molar-refractivity contribution is -0.216. The van der Waals surface area contributed by atoms with Crippen molar-refractivity contribution < 1.29 is 18.9 Å². The second-order valence-electron chi connectivity index (χ2n) is 8.42. The summed E-state index contributed by atoms with van der Waals surface area (Å²) in [5.74, 6) is 0. The number of ether oxygens (including phenoxy) is 4. The molecule has 1 saturated carbocycles. The van der Waals surface area contributed by atoms with Gasteiger partial charge >= 0.3 is 5.69 Å².